The van der Waals surface area contributed by atoms with Crippen LogP contribution >= 0.6 is 15.9 Å². The lowest BCUT2D eigenvalue weighted by molar-refractivity contribution is 0.573. The highest BCUT2D eigenvalue weighted by molar-refractivity contribution is 9.10. The number of aromatic nitrogens is 5. The molecule has 21 heavy (non-hydrogen) atoms. The van der Waals surface area contributed by atoms with Crippen LogP contribution in [-0.4, -0.2) is 38.1 Å². The SMILES string of the molecule is Fc1cc(Br)cc2c1nc(N1CCCCC1)c1nnnn12. The lowest BCUT2D eigenvalue weighted by Crippen LogP contribution is -2.30. The molecular weight excluding hydrogens is 339 g/mol. The first-order valence-corrected chi connectivity index (χ1v) is 7.65. The van der Waals surface area contributed by atoms with Crippen molar-refractivity contribution in [3.63, 3.8) is 0 Å². The van der Waals surface area contributed by atoms with Crippen LogP contribution in [0.15, 0.2) is 16.6 Å². The molecular formula is C13H12BrFN6. The predicted molar refractivity (Wildman–Crippen MR) is 79.8 cm³/mol. The van der Waals surface area contributed by atoms with Crippen molar-refractivity contribution in [3.8, 4) is 0 Å². The van der Waals surface area contributed by atoms with Gasteiger partial charge in [-0.2, -0.15) is 4.52 Å². The van der Waals surface area contributed by atoms with E-state index in [0.29, 0.717) is 27.0 Å². The van der Waals surface area contributed by atoms with E-state index in [9.17, 15) is 4.39 Å². The molecule has 1 aliphatic rings. The topological polar surface area (TPSA) is 59.2 Å². The molecule has 0 bridgehead atoms. The molecule has 2 aromatic heterocycles. The number of hydrogen-bond donors (Lipinski definition) is 0. The van der Waals surface area contributed by atoms with E-state index in [0.717, 1.165) is 25.9 Å². The average Bonchev–Trinajstić information content (AvgIpc) is 2.97. The second-order valence-electron chi connectivity index (χ2n) is 5.15. The average molecular weight is 351 g/mol. The minimum Gasteiger partial charge on any atom is -0.353 e. The van der Waals surface area contributed by atoms with Crippen LogP contribution in [0.1, 0.15) is 19.3 Å². The molecule has 0 saturated carbocycles. The van der Waals surface area contributed by atoms with Crippen LogP contribution in [-0.2, 0) is 0 Å². The van der Waals surface area contributed by atoms with Gasteiger partial charge >= 0.3 is 0 Å². The van der Waals surface area contributed by atoms with Gasteiger partial charge < -0.3 is 4.90 Å². The Kier molecular flexibility index (Phi) is 2.99. The Hall–Kier alpha value is -1.83. The van der Waals surface area contributed by atoms with E-state index in [-0.39, 0.29) is 5.82 Å². The second-order valence-corrected chi connectivity index (χ2v) is 6.07. The molecule has 1 saturated heterocycles. The van der Waals surface area contributed by atoms with Gasteiger partial charge in [0.2, 0.25) is 5.65 Å². The molecule has 0 spiro atoms. The van der Waals surface area contributed by atoms with Crippen molar-refractivity contribution in [1.82, 2.24) is 25.0 Å². The molecule has 0 amide bonds. The van der Waals surface area contributed by atoms with Gasteiger partial charge in [-0.05, 0) is 41.8 Å². The Bertz CT molecular complexity index is 826. The van der Waals surface area contributed by atoms with E-state index in [1.807, 2.05) is 0 Å². The molecule has 1 aromatic carbocycles. The molecule has 0 radical (unpaired) electrons. The highest BCUT2D eigenvalue weighted by atomic mass is 79.9. The Labute approximate surface area is 128 Å². The number of halogens is 2. The van der Waals surface area contributed by atoms with Gasteiger partial charge in [-0.15, -0.1) is 5.10 Å². The van der Waals surface area contributed by atoms with Gasteiger partial charge in [0.05, 0.1) is 5.52 Å². The largest absolute Gasteiger partial charge is 0.353 e. The molecule has 6 nitrogen and oxygen atoms in total. The summed E-state index contributed by atoms with van der Waals surface area (Å²) in [5, 5.41) is 11.8. The molecule has 0 atom stereocenters. The summed E-state index contributed by atoms with van der Waals surface area (Å²) in [6, 6.07) is 3.18. The fraction of sp³-hybridized carbons (Fsp3) is 0.385. The third-order valence-electron chi connectivity index (χ3n) is 3.78. The molecule has 3 heterocycles. The van der Waals surface area contributed by atoms with Gasteiger partial charge in [0, 0.05) is 17.6 Å². The van der Waals surface area contributed by atoms with Crippen LogP contribution < -0.4 is 4.90 Å². The third-order valence-corrected chi connectivity index (χ3v) is 4.24. The number of hydrogen-bond acceptors (Lipinski definition) is 5. The van der Waals surface area contributed by atoms with Gasteiger partial charge in [-0.25, -0.2) is 9.37 Å². The van der Waals surface area contributed by atoms with Gasteiger partial charge in [0.25, 0.3) is 0 Å². The fourth-order valence-corrected chi connectivity index (χ4v) is 3.20. The molecule has 1 aliphatic heterocycles. The summed E-state index contributed by atoms with van der Waals surface area (Å²) < 4.78 is 16.4. The maximum Gasteiger partial charge on any atom is 0.222 e. The minimum atomic E-state index is -0.380. The summed E-state index contributed by atoms with van der Waals surface area (Å²) in [6.07, 6.45) is 3.43. The zero-order valence-corrected chi connectivity index (χ0v) is 12.7. The highest BCUT2D eigenvalue weighted by Crippen LogP contribution is 2.28. The zero-order valence-electron chi connectivity index (χ0n) is 11.1. The van der Waals surface area contributed by atoms with Crippen LogP contribution in [0, 0.1) is 5.82 Å². The van der Waals surface area contributed by atoms with Gasteiger partial charge in [-0.1, -0.05) is 15.9 Å². The second kappa shape index (κ2) is 4.87. The highest BCUT2D eigenvalue weighted by Gasteiger charge is 2.20. The fourth-order valence-electron chi connectivity index (χ4n) is 2.79. The molecule has 4 rings (SSSR count). The zero-order chi connectivity index (χ0) is 14.4. The van der Waals surface area contributed by atoms with Crippen LogP contribution in [0.5, 0.6) is 0 Å². The van der Waals surface area contributed by atoms with E-state index >= 15 is 0 Å². The Morgan fingerprint density at radius 1 is 1.14 bits per heavy atom. The Morgan fingerprint density at radius 2 is 1.95 bits per heavy atom. The molecule has 0 aliphatic carbocycles. The maximum atomic E-state index is 14.2. The standard InChI is InChI=1S/C13H12BrFN6/c14-8-6-9(15)11-10(7-8)21-13(17-18-19-21)12(16-11)20-4-2-1-3-5-20/h6-7H,1-5H2. The van der Waals surface area contributed by atoms with Crippen molar-refractivity contribution in [2.75, 3.05) is 18.0 Å². The first-order chi connectivity index (χ1) is 10.2. The molecule has 1 fully saturated rings. The van der Waals surface area contributed by atoms with E-state index in [1.165, 1.54) is 12.5 Å². The molecule has 8 heteroatoms. The van der Waals surface area contributed by atoms with Crippen LogP contribution in [0.3, 0.4) is 0 Å². The Morgan fingerprint density at radius 3 is 2.76 bits per heavy atom. The summed E-state index contributed by atoms with van der Waals surface area (Å²) in [5.74, 6) is 0.281. The van der Waals surface area contributed by atoms with Gasteiger partial charge in [-0.3, -0.25) is 0 Å². The van der Waals surface area contributed by atoms with Gasteiger partial charge in [0.15, 0.2) is 11.6 Å². The number of tetrazole rings is 1. The van der Waals surface area contributed by atoms with Crippen molar-refractivity contribution in [2.24, 2.45) is 0 Å². The van der Waals surface area contributed by atoms with Crippen molar-refractivity contribution in [1.29, 1.82) is 0 Å². The van der Waals surface area contributed by atoms with Gasteiger partial charge in [0.1, 0.15) is 5.52 Å². The summed E-state index contributed by atoms with van der Waals surface area (Å²) in [7, 11) is 0. The number of nitrogens with zero attached hydrogens (tertiary/aromatic N) is 6. The minimum absolute atomic E-state index is 0.290. The molecule has 0 N–H and O–H groups in total. The summed E-state index contributed by atoms with van der Waals surface area (Å²) in [5.41, 5.74) is 1.42. The monoisotopic (exact) mass is 350 g/mol. The van der Waals surface area contributed by atoms with Crippen LogP contribution in [0.2, 0.25) is 0 Å². The third kappa shape index (κ3) is 2.05. The number of piperidine rings is 1. The smallest absolute Gasteiger partial charge is 0.222 e. The molecule has 3 aromatic rings. The van der Waals surface area contributed by atoms with Crippen LogP contribution in [0.25, 0.3) is 16.7 Å². The summed E-state index contributed by atoms with van der Waals surface area (Å²) in [4.78, 5) is 6.64. The summed E-state index contributed by atoms with van der Waals surface area (Å²) >= 11 is 3.29. The number of rotatable bonds is 1. The predicted octanol–water partition coefficient (Wildman–Crippen LogP) is 2.56. The molecule has 0 unspecified atom stereocenters. The molecule has 108 valence electrons. The van der Waals surface area contributed by atoms with Crippen molar-refractivity contribution in [3.05, 3.63) is 22.4 Å². The summed E-state index contributed by atoms with van der Waals surface area (Å²) in [6.45, 7) is 1.80. The lowest BCUT2D eigenvalue weighted by Gasteiger charge is -2.27. The van der Waals surface area contributed by atoms with E-state index in [4.69, 9.17) is 0 Å². The van der Waals surface area contributed by atoms with Crippen molar-refractivity contribution >= 4 is 38.4 Å². The number of anilines is 1. The number of fused-ring (bicyclic) bond motifs is 3. The number of benzene rings is 1. The van der Waals surface area contributed by atoms with Crippen molar-refractivity contribution in [2.45, 2.75) is 19.3 Å². The van der Waals surface area contributed by atoms with E-state index < -0.39 is 0 Å². The van der Waals surface area contributed by atoms with E-state index in [2.05, 4.69) is 41.3 Å². The maximum absolute atomic E-state index is 14.2. The Balaban J connectivity index is 2.03. The van der Waals surface area contributed by atoms with Crippen LogP contribution in [0.4, 0.5) is 10.2 Å². The van der Waals surface area contributed by atoms with E-state index in [1.54, 1.807) is 10.6 Å². The lowest BCUT2D eigenvalue weighted by atomic mass is 10.1. The first-order valence-electron chi connectivity index (χ1n) is 6.86. The quantitative estimate of drug-likeness (QED) is 0.674. The normalized spacial score (nSPS) is 16.0. The van der Waals surface area contributed by atoms with Crippen molar-refractivity contribution < 1.29 is 4.39 Å². The first kappa shape index (κ1) is 12.9.